The van der Waals surface area contributed by atoms with Crippen molar-refractivity contribution >= 4 is 11.7 Å². The maximum Gasteiger partial charge on any atom is 0.310 e. The molecule has 0 spiro atoms. The van der Waals surface area contributed by atoms with Crippen molar-refractivity contribution in [1.29, 1.82) is 0 Å². The van der Waals surface area contributed by atoms with E-state index in [1.54, 1.807) is 13.0 Å². The molecule has 3 heteroatoms. The zero-order valence-corrected chi connectivity index (χ0v) is 10.1. The van der Waals surface area contributed by atoms with Crippen molar-refractivity contribution < 1.29 is 9.90 Å². The van der Waals surface area contributed by atoms with Gasteiger partial charge < -0.3 is 10.8 Å². The van der Waals surface area contributed by atoms with Gasteiger partial charge >= 0.3 is 5.97 Å². The quantitative estimate of drug-likeness (QED) is 0.811. The van der Waals surface area contributed by atoms with E-state index < -0.39 is 11.9 Å². The van der Waals surface area contributed by atoms with Crippen molar-refractivity contribution in [2.24, 2.45) is 0 Å². The predicted octanol–water partition coefficient (Wildman–Crippen LogP) is 3.12. The fourth-order valence-electron chi connectivity index (χ4n) is 1.87. The number of anilines is 1. The number of rotatable bonds is 3. The first-order valence-electron chi connectivity index (χ1n) is 5.77. The van der Waals surface area contributed by atoms with Crippen LogP contribution in [-0.4, -0.2) is 11.1 Å². The highest BCUT2D eigenvalue weighted by atomic mass is 16.4. The summed E-state index contributed by atoms with van der Waals surface area (Å²) in [6.45, 7) is 1.65. The van der Waals surface area contributed by atoms with E-state index >= 15 is 0 Å². The van der Waals surface area contributed by atoms with Gasteiger partial charge in [0.15, 0.2) is 0 Å². The summed E-state index contributed by atoms with van der Waals surface area (Å²) in [6, 6.07) is 15.2. The third-order valence-electron chi connectivity index (χ3n) is 3.03. The Morgan fingerprint density at radius 1 is 1.17 bits per heavy atom. The fourth-order valence-corrected chi connectivity index (χ4v) is 1.87. The van der Waals surface area contributed by atoms with Gasteiger partial charge in [0.1, 0.15) is 0 Å². The Hall–Kier alpha value is -2.29. The van der Waals surface area contributed by atoms with Gasteiger partial charge in [-0.2, -0.15) is 0 Å². The lowest BCUT2D eigenvalue weighted by Gasteiger charge is -2.11. The molecule has 0 aromatic heterocycles. The standard InChI is InChI=1S/C15H15NO2/c1-10(15(17)18)12-7-8-13(14(16)9-12)11-5-3-2-4-6-11/h2-10H,16H2,1H3,(H,17,18). The molecule has 0 heterocycles. The molecule has 1 atom stereocenters. The Morgan fingerprint density at radius 3 is 2.39 bits per heavy atom. The molecule has 0 aliphatic carbocycles. The van der Waals surface area contributed by atoms with E-state index in [4.69, 9.17) is 10.8 Å². The van der Waals surface area contributed by atoms with Crippen LogP contribution in [0.2, 0.25) is 0 Å². The van der Waals surface area contributed by atoms with Gasteiger partial charge in [0.2, 0.25) is 0 Å². The van der Waals surface area contributed by atoms with Gasteiger partial charge in [-0.3, -0.25) is 4.79 Å². The molecule has 92 valence electrons. The first-order chi connectivity index (χ1) is 8.59. The van der Waals surface area contributed by atoms with Crippen LogP contribution < -0.4 is 5.73 Å². The third-order valence-corrected chi connectivity index (χ3v) is 3.03. The number of carboxylic acid groups (broad SMARTS) is 1. The van der Waals surface area contributed by atoms with Gasteiger partial charge in [-0.25, -0.2) is 0 Å². The minimum absolute atomic E-state index is 0.544. The monoisotopic (exact) mass is 241 g/mol. The Balaban J connectivity index is 2.40. The first kappa shape index (κ1) is 12.2. The minimum atomic E-state index is -0.845. The Morgan fingerprint density at radius 2 is 1.83 bits per heavy atom. The van der Waals surface area contributed by atoms with Gasteiger partial charge in [0.05, 0.1) is 5.92 Å². The van der Waals surface area contributed by atoms with E-state index in [0.717, 1.165) is 16.7 Å². The van der Waals surface area contributed by atoms with Gasteiger partial charge in [-0.05, 0) is 24.1 Å². The summed E-state index contributed by atoms with van der Waals surface area (Å²) in [6.07, 6.45) is 0. The Kier molecular flexibility index (Phi) is 3.33. The molecule has 2 aromatic rings. The van der Waals surface area contributed by atoms with Gasteiger partial charge in [0.25, 0.3) is 0 Å². The second-order valence-electron chi connectivity index (χ2n) is 4.27. The number of hydrogen-bond donors (Lipinski definition) is 2. The molecule has 0 bridgehead atoms. The molecule has 0 radical (unpaired) electrons. The molecule has 0 aliphatic rings. The first-order valence-corrected chi connectivity index (χ1v) is 5.77. The number of nitrogen functional groups attached to an aromatic ring is 1. The molecule has 2 rings (SSSR count). The second kappa shape index (κ2) is 4.92. The van der Waals surface area contributed by atoms with Crippen LogP contribution in [0.3, 0.4) is 0 Å². The highest BCUT2D eigenvalue weighted by Gasteiger charge is 2.14. The lowest BCUT2D eigenvalue weighted by Crippen LogP contribution is -2.07. The van der Waals surface area contributed by atoms with Crippen molar-refractivity contribution in [3.05, 3.63) is 54.1 Å². The number of aliphatic carboxylic acids is 1. The average Bonchev–Trinajstić information content (AvgIpc) is 2.38. The van der Waals surface area contributed by atoms with Crippen molar-refractivity contribution in [3.63, 3.8) is 0 Å². The minimum Gasteiger partial charge on any atom is -0.481 e. The van der Waals surface area contributed by atoms with Crippen molar-refractivity contribution in [2.75, 3.05) is 5.73 Å². The van der Waals surface area contributed by atoms with E-state index in [1.165, 1.54) is 0 Å². The van der Waals surface area contributed by atoms with Crippen LogP contribution in [0, 0.1) is 0 Å². The average molecular weight is 241 g/mol. The summed E-state index contributed by atoms with van der Waals surface area (Å²) >= 11 is 0. The van der Waals surface area contributed by atoms with E-state index in [-0.39, 0.29) is 0 Å². The molecule has 0 saturated heterocycles. The van der Waals surface area contributed by atoms with Crippen molar-refractivity contribution in [2.45, 2.75) is 12.8 Å². The van der Waals surface area contributed by atoms with E-state index in [1.807, 2.05) is 42.5 Å². The van der Waals surface area contributed by atoms with Crippen LogP contribution in [0.15, 0.2) is 48.5 Å². The number of benzene rings is 2. The lowest BCUT2D eigenvalue weighted by atomic mass is 9.96. The summed E-state index contributed by atoms with van der Waals surface area (Å²) < 4.78 is 0. The van der Waals surface area contributed by atoms with Gasteiger partial charge in [-0.15, -0.1) is 0 Å². The molecule has 1 unspecified atom stereocenters. The number of hydrogen-bond acceptors (Lipinski definition) is 2. The summed E-state index contributed by atoms with van der Waals surface area (Å²) in [4.78, 5) is 10.9. The summed E-state index contributed by atoms with van der Waals surface area (Å²) in [5.41, 5.74) is 9.28. The molecular weight excluding hydrogens is 226 g/mol. The zero-order valence-electron chi connectivity index (χ0n) is 10.1. The van der Waals surface area contributed by atoms with E-state index in [9.17, 15) is 4.79 Å². The summed E-state index contributed by atoms with van der Waals surface area (Å²) in [5.74, 6) is -1.39. The largest absolute Gasteiger partial charge is 0.481 e. The second-order valence-corrected chi connectivity index (χ2v) is 4.27. The van der Waals surface area contributed by atoms with Gasteiger partial charge in [0, 0.05) is 11.3 Å². The zero-order chi connectivity index (χ0) is 13.1. The highest BCUT2D eigenvalue weighted by molar-refractivity contribution is 5.80. The van der Waals surface area contributed by atoms with E-state index in [0.29, 0.717) is 5.69 Å². The molecule has 0 saturated carbocycles. The maximum absolute atomic E-state index is 10.9. The van der Waals surface area contributed by atoms with Crippen LogP contribution >= 0.6 is 0 Å². The van der Waals surface area contributed by atoms with Gasteiger partial charge in [-0.1, -0.05) is 42.5 Å². The van der Waals surface area contributed by atoms with Crippen LogP contribution in [0.5, 0.6) is 0 Å². The molecule has 2 aromatic carbocycles. The van der Waals surface area contributed by atoms with E-state index in [2.05, 4.69) is 0 Å². The summed E-state index contributed by atoms with van der Waals surface area (Å²) in [5, 5.41) is 8.97. The SMILES string of the molecule is CC(C(=O)O)c1ccc(-c2ccccc2)c(N)c1. The molecule has 3 N–H and O–H groups in total. The molecule has 3 nitrogen and oxygen atoms in total. The number of nitrogens with two attached hydrogens (primary N) is 1. The maximum atomic E-state index is 10.9. The molecular formula is C15H15NO2. The lowest BCUT2D eigenvalue weighted by molar-refractivity contribution is -0.138. The fraction of sp³-hybridized carbons (Fsp3) is 0.133. The predicted molar refractivity (Wildman–Crippen MR) is 72.3 cm³/mol. The Labute approximate surface area is 106 Å². The normalized spacial score (nSPS) is 12.1. The topological polar surface area (TPSA) is 63.3 Å². The Bertz CT molecular complexity index is 564. The number of carbonyl (C=O) groups is 1. The van der Waals surface area contributed by atoms with Crippen LogP contribution in [0.25, 0.3) is 11.1 Å². The van der Waals surface area contributed by atoms with Crippen LogP contribution in [-0.2, 0) is 4.79 Å². The smallest absolute Gasteiger partial charge is 0.310 e. The van der Waals surface area contributed by atoms with Crippen molar-refractivity contribution in [1.82, 2.24) is 0 Å². The molecule has 0 aliphatic heterocycles. The number of carboxylic acids is 1. The molecule has 0 amide bonds. The third kappa shape index (κ3) is 2.35. The van der Waals surface area contributed by atoms with Crippen LogP contribution in [0.4, 0.5) is 5.69 Å². The van der Waals surface area contributed by atoms with Crippen molar-refractivity contribution in [3.8, 4) is 11.1 Å². The molecule has 0 fully saturated rings. The highest BCUT2D eigenvalue weighted by Crippen LogP contribution is 2.29. The summed E-state index contributed by atoms with van der Waals surface area (Å²) in [7, 11) is 0. The molecule has 18 heavy (non-hydrogen) atoms. The van der Waals surface area contributed by atoms with Crippen LogP contribution in [0.1, 0.15) is 18.4 Å².